The van der Waals surface area contributed by atoms with Crippen molar-refractivity contribution in [1.29, 1.82) is 0 Å². The second-order valence-electron chi connectivity index (χ2n) is 4.66. The van der Waals surface area contributed by atoms with Gasteiger partial charge in [0.05, 0.1) is 12.5 Å². The molecule has 0 aromatic carbocycles. The summed E-state index contributed by atoms with van der Waals surface area (Å²) in [4.78, 5) is 13.5. The van der Waals surface area contributed by atoms with Gasteiger partial charge in [0, 0.05) is 18.6 Å². The molecule has 1 N–H and O–H groups in total. The van der Waals surface area contributed by atoms with Gasteiger partial charge in [0.2, 0.25) is 0 Å². The molecule has 0 amide bonds. The van der Waals surface area contributed by atoms with Gasteiger partial charge in [-0.25, -0.2) is 0 Å². The van der Waals surface area contributed by atoms with E-state index in [2.05, 4.69) is 11.9 Å². The molecule has 0 radical (unpaired) electrons. The number of likely N-dealkylation sites (tertiary alicyclic amines) is 1. The average molecular weight is 213 g/mol. The second kappa shape index (κ2) is 4.49. The minimum atomic E-state index is -0.647. The molecule has 2 saturated heterocycles. The van der Waals surface area contributed by atoms with E-state index in [9.17, 15) is 9.90 Å². The molecular weight excluding hydrogens is 194 g/mol. The van der Waals surface area contributed by atoms with Gasteiger partial charge in [0.1, 0.15) is 0 Å². The molecule has 0 aromatic rings. The van der Waals surface area contributed by atoms with E-state index < -0.39 is 5.97 Å². The van der Waals surface area contributed by atoms with Crippen molar-refractivity contribution in [2.45, 2.75) is 25.3 Å². The fourth-order valence-electron chi connectivity index (χ4n) is 2.93. The molecule has 2 aliphatic heterocycles. The Kier molecular flexibility index (Phi) is 3.26. The van der Waals surface area contributed by atoms with Crippen LogP contribution in [-0.2, 0) is 9.53 Å². The summed E-state index contributed by atoms with van der Waals surface area (Å²) in [5, 5.41) is 9.21. The summed E-state index contributed by atoms with van der Waals surface area (Å²) in [5.74, 6) is -0.671. The van der Waals surface area contributed by atoms with Gasteiger partial charge in [-0.3, -0.25) is 4.79 Å². The fraction of sp³-hybridized carbons (Fsp3) is 0.909. The topological polar surface area (TPSA) is 49.8 Å². The van der Waals surface area contributed by atoms with Crippen LogP contribution in [0.2, 0.25) is 0 Å². The van der Waals surface area contributed by atoms with Crippen molar-refractivity contribution in [1.82, 2.24) is 4.90 Å². The van der Waals surface area contributed by atoms with Gasteiger partial charge in [0.15, 0.2) is 0 Å². The smallest absolute Gasteiger partial charge is 0.306 e. The van der Waals surface area contributed by atoms with Crippen LogP contribution in [0, 0.1) is 11.8 Å². The molecule has 3 atom stereocenters. The van der Waals surface area contributed by atoms with Crippen LogP contribution in [0.4, 0.5) is 0 Å². The zero-order chi connectivity index (χ0) is 10.8. The summed E-state index contributed by atoms with van der Waals surface area (Å²) in [6.45, 7) is 2.41. The largest absolute Gasteiger partial charge is 0.481 e. The Morgan fingerprint density at radius 3 is 3.00 bits per heavy atom. The summed E-state index contributed by atoms with van der Waals surface area (Å²) < 4.78 is 5.43. The molecule has 0 aliphatic carbocycles. The highest BCUT2D eigenvalue weighted by atomic mass is 16.5. The third-order valence-electron chi connectivity index (χ3n) is 3.79. The lowest BCUT2D eigenvalue weighted by Gasteiger charge is -2.37. The summed E-state index contributed by atoms with van der Waals surface area (Å²) >= 11 is 0. The lowest BCUT2D eigenvalue weighted by molar-refractivity contribution is -0.147. The van der Waals surface area contributed by atoms with E-state index in [1.54, 1.807) is 0 Å². The zero-order valence-electron chi connectivity index (χ0n) is 9.19. The molecule has 15 heavy (non-hydrogen) atoms. The van der Waals surface area contributed by atoms with Gasteiger partial charge < -0.3 is 14.7 Å². The van der Waals surface area contributed by atoms with Crippen LogP contribution in [0.1, 0.15) is 19.3 Å². The Balaban J connectivity index is 2.16. The lowest BCUT2D eigenvalue weighted by Crippen LogP contribution is -2.46. The van der Waals surface area contributed by atoms with E-state index in [1.165, 1.54) is 0 Å². The standard InChI is InChI=1S/C11H19NO3/c1-12-5-2-3-8(11(13)14)9-7-15-6-4-10(9)12/h8-10H,2-7H2,1H3,(H,13,14). The molecule has 4 nitrogen and oxygen atoms in total. The summed E-state index contributed by atoms with van der Waals surface area (Å²) in [6, 6.07) is 0.405. The predicted octanol–water partition coefficient (Wildman–Crippen LogP) is 0.818. The van der Waals surface area contributed by atoms with Crippen LogP contribution < -0.4 is 0 Å². The highest BCUT2D eigenvalue weighted by Crippen LogP contribution is 2.32. The molecule has 3 unspecified atom stereocenters. The quantitative estimate of drug-likeness (QED) is 0.700. The Morgan fingerprint density at radius 1 is 1.47 bits per heavy atom. The Morgan fingerprint density at radius 2 is 2.27 bits per heavy atom. The van der Waals surface area contributed by atoms with Gasteiger partial charge in [0.25, 0.3) is 0 Å². The predicted molar refractivity (Wildman–Crippen MR) is 55.7 cm³/mol. The number of carboxylic acid groups (broad SMARTS) is 1. The Bertz CT molecular complexity index is 244. The molecule has 0 spiro atoms. The maximum atomic E-state index is 11.2. The number of hydrogen-bond donors (Lipinski definition) is 1. The van der Waals surface area contributed by atoms with Crippen molar-refractivity contribution in [3.63, 3.8) is 0 Å². The van der Waals surface area contributed by atoms with Crippen molar-refractivity contribution in [3.05, 3.63) is 0 Å². The first-order valence-electron chi connectivity index (χ1n) is 5.71. The number of nitrogens with zero attached hydrogens (tertiary/aromatic N) is 1. The second-order valence-corrected chi connectivity index (χ2v) is 4.66. The molecule has 0 bridgehead atoms. The Labute approximate surface area is 90.2 Å². The van der Waals surface area contributed by atoms with Crippen LogP contribution in [0.5, 0.6) is 0 Å². The van der Waals surface area contributed by atoms with E-state index >= 15 is 0 Å². The van der Waals surface area contributed by atoms with Crippen LogP contribution in [0.15, 0.2) is 0 Å². The van der Waals surface area contributed by atoms with Crippen molar-refractivity contribution < 1.29 is 14.6 Å². The van der Waals surface area contributed by atoms with Crippen molar-refractivity contribution in [2.75, 3.05) is 26.8 Å². The van der Waals surface area contributed by atoms with Crippen LogP contribution in [0.3, 0.4) is 0 Å². The highest BCUT2D eigenvalue weighted by molar-refractivity contribution is 5.70. The third kappa shape index (κ3) is 2.16. The lowest BCUT2D eigenvalue weighted by atomic mass is 9.82. The highest BCUT2D eigenvalue weighted by Gasteiger charge is 2.39. The maximum Gasteiger partial charge on any atom is 0.306 e. The van der Waals surface area contributed by atoms with E-state index in [0.29, 0.717) is 12.6 Å². The summed E-state index contributed by atoms with van der Waals surface area (Å²) in [7, 11) is 2.10. The monoisotopic (exact) mass is 213 g/mol. The number of aliphatic carboxylic acids is 1. The van der Waals surface area contributed by atoms with Crippen molar-refractivity contribution >= 4 is 5.97 Å². The molecule has 2 fully saturated rings. The number of ether oxygens (including phenoxy) is 1. The molecule has 2 aliphatic rings. The minimum absolute atomic E-state index is 0.184. The van der Waals surface area contributed by atoms with Gasteiger partial charge in [-0.1, -0.05) is 0 Å². The van der Waals surface area contributed by atoms with Crippen LogP contribution >= 0.6 is 0 Å². The van der Waals surface area contributed by atoms with Gasteiger partial charge in [-0.15, -0.1) is 0 Å². The van der Waals surface area contributed by atoms with Crippen molar-refractivity contribution in [2.24, 2.45) is 11.8 Å². The number of carbonyl (C=O) groups is 1. The summed E-state index contributed by atoms with van der Waals surface area (Å²) in [5.41, 5.74) is 0. The van der Waals surface area contributed by atoms with Crippen LogP contribution in [0.25, 0.3) is 0 Å². The molecule has 0 saturated carbocycles. The molecule has 0 aromatic heterocycles. The van der Waals surface area contributed by atoms with E-state index in [0.717, 1.165) is 32.4 Å². The maximum absolute atomic E-state index is 11.2. The van der Waals surface area contributed by atoms with Gasteiger partial charge in [-0.05, 0) is 32.9 Å². The molecule has 86 valence electrons. The zero-order valence-corrected chi connectivity index (χ0v) is 9.19. The van der Waals surface area contributed by atoms with E-state index in [1.807, 2.05) is 0 Å². The molecule has 2 rings (SSSR count). The number of rotatable bonds is 1. The Hall–Kier alpha value is -0.610. The normalized spacial score (nSPS) is 38.1. The fourth-order valence-corrected chi connectivity index (χ4v) is 2.93. The molecular formula is C11H19NO3. The third-order valence-corrected chi connectivity index (χ3v) is 3.79. The minimum Gasteiger partial charge on any atom is -0.481 e. The number of carboxylic acids is 1. The van der Waals surface area contributed by atoms with Gasteiger partial charge >= 0.3 is 5.97 Å². The number of hydrogen-bond acceptors (Lipinski definition) is 3. The summed E-state index contributed by atoms with van der Waals surface area (Å²) in [6.07, 6.45) is 2.76. The first kappa shape index (κ1) is 10.9. The van der Waals surface area contributed by atoms with E-state index in [-0.39, 0.29) is 11.8 Å². The average Bonchev–Trinajstić information content (AvgIpc) is 2.39. The van der Waals surface area contributed by atoms with Crippen LogP contribution in [-0.4, -0.2) is 48.8 Å². The first-order valence-corrected chi connectivity index (χ1v) is 5.71. The van der Waals surface area contributed by atoms with Gasteiger partial charge in [-0.2, -0.15) is 0 Å². The SMILES string of the molecule is CN1CCCC(C(=O)O)C2COCCC21. The molecule has 2 heterocycles. The number of fused-ring (bicyclic) bond motifs is 1. The first-order chi connectivity index (χ1) is 7.20. The van der Waals surface area contributed by atoms with Crippen molar-refractivity contribution in [3.8, 4) is 0 Å². The van der Waals surface area contributed by atoms with E-state index in [4.69, 9.17) is 4.74 Å². The molecule has 4 heteroatoms.